The van der Waals surface area contributed by atoms with E-state index in [1.165, 1.54) is 0 Å². The zero-order valence-corrected chi connectivity index (χ0v) is 11.9. The van der Waals surface area contributed by atoms with E-state index in [0.29, 0.717) is 17.4 Å². The van der Waals surface area contributed by atoms with E-state index >= 15 is 0 Å². The van der Waals surface area contributed by atoms with Gasteiger partial charge in [-0.2, -0.15) is 0 Å². The van der Waals surface area contributed by atoms with Crippen LogP contribution in [0.4, 0.5) is 5.69 Å². The number of hydrogen-bond donors (Lipinski definition) is 2. The number of aromatic carboxylic acids is 1. The van der Waals surface area contributed by atoms with Crippen LogP contribution in [-0.4, -0.2) is 40.8 Å². The second-order valence-electron chi connectivity index (χ2n) is 5.39. The van der Waals surface area contributed by atoms with Crippen LogP contribution >= 0.6 is 0 Å². The van der Waals surface area contributed by atoms with Gasteiger partial charge in [-0.3, -0.25) is 0 Å². The fourth-order valence-electron chi connectivity index (χ4n) is 2.17. The van der Waals surface area contributed by atoms with Crippen molar-refractivity contribution < 1.29 is 14.6 Å². The standard InChI is InChI=1S/C14H21N3O3/c1-9(2)13-16-8-11(12(17-13)14(18)19)15-7-10-3-5-20-6-4-10/h8-10,15H,3-7H2,1-2H3,(H,18,19). The van der Waals surface area contributed by atoms with E-state index in [1.807, 2.05) is 13.8 Å². The zero-order valence-electron chi connectivity index (χ0n) is 11.9. The number of carboxylic acids is 1. The average Bonchev–Trinajstić information content (AvgIpc) is 2.45. The Morgan fingerprint density at radius 1 is 1.50 bits per heavy atom. The molecule has 0 saturated carbocycles. The molecule has 0 spiro atoms. The lowest BCUT2D eigenvalue weighted by Gasteiger charge is -2.23. The average molecular weight is 279 g/mol. The maximum absolute atomic E-state index is 11.3. The lowest BCUT2D eigenvalue weighted by molar-refractivity contribution is 0.0684. The molecule has 0 atom stereocenters. The fraction of sp³-hybridized carbons (Fsp3) is 0.643. The van der Waals surface area contributed by atoms with E-state index in [-0.39, 0.29) is 11.6 Å². The molecule has 0 unspecified atom stereocenters. The monoisotopic (exact) mass is 279 g/mol. The Bertz CT molecular complexity index is 471. The van der Waals surface area contributed by atoms with Gasteiger partial charge < -0.3 is 15.2 Å². The van der Waals surface area contributed by atoms with Crippen molar-refractivity contribution in [3.8, 4) is 0 Å². The predicted molar refractivity (Wildman–Crippen MR) is 75.1 cm³/mol. The van der Waals surface area contributed by atoms with Gasteiger partial charge >= 0.3 is 5.97 Å². The van der Waals surface area contributed by atoms with Crippen molar-refractivity contribution in [2.24, 2.45) is 5.92 Å². The molecule has 1 aliphatic rings. The van der Waals surface area contributed by atoms with Crippen LogP contribution in [0.15, 0.2) is 6.20 Å². The number of nitrogens with zero attached hydrogens (tertiary/aromatic N) is 2. The lowest BCUT2D eigenvalue weighted by atomic mass is 10.0. The molecule has 1 aliphatic heterocycles. The Kier molecular flexibility index (Phi) is 4.89. The van der Waals surface area contributed by atoms with Gasteiger partial charge in [0.05, 0.1) is 11.9 Å². The number of aromatic nitrogens is 2. The molecule has 20 heavy (non-hydrogen) atoms. The quantitative estimate of drug-likeness (QED) is 0.859. The van der Waals surface area contributed by atoms with Crippen LogP contribution < -0.4 is 5.32 Å². The smallest absolute Gasteiger partial charge is 0.356 e. The second kappa shape index (κ2) is 6.65. The van der Waals surface area contributed by atoms with E-state index in [4.69, 9.17) is 4.74 Å². The largest absolute Gasteiger partial charge is 0.476 e. The minimum atomic E-state index is -1.02. The first kappa shape index (κ1) is 14.7. The number of rotatable bonds is 5. The van der Waals surface area contributed by atoms with Crippen LogP contribution in [0.5, 0.6) is 0 Å². The molecular formula is C14H21N3O3. The predicted octanol–water partition coefficient (Wildman–Crippen LogP) is 2.14. The number of hydrogen-bond acceptors (Lipinski definition) is 5. The van der Waals surface area contributed by atoms with Crippen LogP contribution in [0, 0.1) is 5.92 Å². The van der Waals surface area contributed by atoms with Crippen molar-refractivity contribution >= 4 is 11.7 Å². The first-order chi connectivity index (χ1) is 9.58. The van der Waals surface area contributed by atoms with Gasteiger partial charge in [-0.05, 0) is 18.8 Å². The molecule has 6 heteroatoms. The normalized spacial score (nSPS) is 16.4. The summed E-state index contributed by atoms with van der Waals surface area (Å²) in [6, 6.07) is 0. The van der Waals surface area contributed by atoms with E-state index in [9.17, 15) is 9.90 Å². The van der Waals surface area contributed by atoms with Crippen molar-refractivity contribution in [1.82, 2.24) is 9.97 Å². The summed E-state index contributed by atoms with van der Waals surface area (Å²) in [6.45, 7) is 6.17. The molecule has 0 aliphatic carbocycles. The highest BCUT2D eigenvalue weighted by atomic mass is 16.5. The topological polar surface area (TPSA) is 84.3 Å². The van der Waals surface area contributed by atoms with Gasteiger partial charge in [-0.15, -0.1) is 0 Å². The van der Waals surface area contributed by atoms with Gasteiger partial charge in [0, 0.05) is 25.7 Å². The van der Waals surface area contributed by atoms with Crippen molar-refractivity contribution in [3.05, 3.63) is 17.7 Å². The van der Waals surface area contributed by atoms with Crippen LogP contribution in [0.1, 0.15) is 48.9 Å². The number of ether oxygens (including phenoxy) is 1. The summed E-state index contributed by atoms with van der Waals surface area (Å²) in [7, 11) is 0. The molecule has 0 aromatic carbocycles. The molecular weight excluding hydrogens is 258 g/mol. The molecule has 2 heterocycles. The summed E-state index contributed by atoms with van der Waals surface area (Å²) >= 11 is 0. The molecule has 1 saturated heterocycles. The van der Waals surface area contributed by atoms with Crippen molar-refractivity contribution in [2.75, 3.05) is 25.1 Å². The molecule has 2 N–H and O–H groups in total. The third-order valence-electron chi connectivity index (χ3n) is 3.45. The van der Waals surface area contributed by atoms with E-state index in [1.54, 1.807) is 6.20 Å². The molecule has 0 radical (unpaired) electrons. The maximum atomic E-state index is 11.3. The summed E-state index contributed by atoms with van der Waals surface area (Å²) in [4.78, 5) is 19.7. The molecule has 0 amide bonds. The summed E-state index contributed by atoms with van der Waals surface area (Å²) < 4.78 is 5.31. The van der Waals surface area contributed by atoms with Gasteiger partial charge in [-0.1, -0.05) is 13.8 Å². The third-order valence-corrected chi connectivity index (χ3v) is 3.45. The Hall–Kier alpha value is -1.69. The van der Waals surface area contributed by atoms with Crippen molar-refractivity contribution in [3.63, 3.8) is 0 Å². The van der Waals surface area contributed by atoms with Crippen LogP contribution in [0.25, 0.3) is 0 Å². The number of nitrogens with one attached hydrogen (secondary N) is 1. The first-order valence-electron chi connectivity index (χ1n) is 6.99. The number of anilines is 1. The third kappa shape index (κ3) is 3.66. The second-order valence-corrected chi connectivity index (χ2v) is 5.39. The summed E-state index contributed by atoms with van der Waals surface area (Å²) in [5.74, 6) is 0.149. The van der Waals surface area contributed by atoms with Crippen LogP contribution in [0.2, 0.25) is 0 Å². The van der Waals surface area contributed by atoms with Gasteiger partial charge in [0.2, 0.25) is 0 Å². The van der Waals surface area contributed by atoms with Gasteiger partial charge in [0.1, 0.15) is 5.82 Å². The Labute approximate surface area is 118 Å². The summed E-state index contributed by atoms with van der Waals surface area (Å²) in [5, 5.41) is 12.4. The first-order valence-corrected chi connectivity index (χ1v) is 6.99. The Morgan fingerprint density at radius 2 is 2.20 bits per heavy atom. The van der Waals surface area contributed by atoms with Crippen LogP contribution in [-0.2, 0) is 4.74 Å². The van der Waals surface area contributed by atoms with E-state index in [2.05, 4.69) is 15.3 Å². The summed E-state index contributed by atoms with van der Waals surface area (Å²) in [6.07, 6.45) is 3.58. The molecule has 2 rings (SSSR count). The number of carboxylic acid groups (broad SMARTS) is 1. The Balaban J connectivity index is 2.07. The highest BCUT2D eigenvalue weighted by Crippen LogP contribution is 2.19. The minimum Gasteiger partial charge on any atom is -0.476 e. The highest BCUT2D eigenvalue weighted by molar-refractivity contribution is 5.91. The number of carbonyl (C=O) groups is 1. The SMILES string of the molecule is CC(C)c1ncc(NCC2CCOCC2)c(C(=O)O)n1. The van der Waals surface area contributed by atoms with E-state index < -0.39 is 5.97 Å². The summed E-state index contributed by atoms with van der Waals surface area (Å²) in [5.41, 5.74) is 0.546. The lowest BCUT2D eigenvalue weighted by Crippen LogP contribution is -2.23. The minimum absolute atomic E-state index is 0.0516. The fourth-order valence-corrected chi connectivity index (χ4v) is 2.17. The van der Waals surface area contributed by atoms with Crippen molar-refractivity contribution in [1.29, 1.82) is 0 Å². The van der Waals surface area contributed by atoms with E-state index in [0.717, 1.165) is 32.6 Å². The van der Waals surface area contributed by atoms with Crippen LogP contribution in [0.3, 0.4) is 0 Å². The molecule has 1 aromatic heterocycles. The van der Waals surface area contributed by atoms with Gasteiger partial charge in [-0.25, -0.2) is 14.8 Å². The molecule has 1 fully saturated rings. The highest BCUT2D eigenvalue weighted by Gasteiger charge is 2.18. The molecule has 110 valence electrons. The zero-order chi connectivity index (χ0) is 14.5. The molecule has 0 bridgehead atoms. The van der Waals surface area contributed by atoms with Crippen molar-refractivity contribution in [2.45, 2.75) is 32.6 Å². The maximum Gasteiger partial charge on any atom is 0.356 e. The van der Waals surface area contributed by atoms with Gasteiger partial charge in [0.15, 0.2) is 5.69 Å². The Morgan fingerprint density at radius 3 is 2.80 bits per heavy atom. The molecule has 6 nitrogen and oxygen atoms in total. The van der Waals surface area contributed by atoms with Gasteiger partial charge in [0.25, 0.3) is 0 Å². The molecule has 1 aromatic rings.